The Labute approximate surface area is 204 Å². The molecule has 3 amide bonds. The molecule has 0 radical (unpaired) electrons. The summed E-state index contributed by atoms with van der Waals surface area (Å²) in [5.74, 6) is -1.45. The Morgan fingerprint density at radius 1 is 0.939 bits per heavy atom. The van der Waals surface area contributed by atoms with E-state index in [1.54, 1.807) is 48.5 Å². The summed E-state index contributed by atoms with van der Waals surface area (Å²) in [4.78, 5) is 39.3. The quantitative estimate of drug-likeness (QED) is 0.425. The molecule has 0 saturated carbocycles. The maximum absolute atomic E-state index is 12.9. The Morgan fingerprint density at radius 2 is 1.64 bits per heavy atom. The van der Waals surface area contributed by atoms with E-state index in [1.165, 1.54) is 0 Å². The predicted molar refractivity (Wildman–Crippen MR) is 132 cm³/mol. The molecule has 1 unspecified atom stereocenters. The normalized spacial score (nSPS) is 14.5. The molecule has 0 aromatic heterocycles. The zero-order valence-electron chi connectivity index (χ0n) is 17.5. The van der Waals surface area contributed by atoms with Gasteiger partial charge >= 0.3 is 0 Å². The van der Waals surface area contributed by atoms with Gasteiger partial charge in [0.05, 0.1) is 11.7 Å². The first-order valence-electron chi connectivity index (χ1n) is 10.1. The third kappa shape index (κ3) is 4.84. The van der Waals surface area contributed by atoms with Crippen LogP contribution in [0.15, 0.2) is 94.1 Å². The Hall–Kier alpha value is -3.42. The highest BCUT2D eigenvalue weighted by Gasteiger charge is 2.39. The van der Waals surface area contributed by atoms with Crippen LogP contribution in [0.25, 0.3) is 0 Å². The highest BCUT2D eigenvalue weighted by molar-refractivity contribution is 9.10. The standard InChI is InChI=1S/C25H19BrClN3O3/c1-15(16-6-3-2-4-7-16)28-23(31)17-8-5-9-19(14-17)29-22-21(27)24(32)30(25(22)33)20-12-10-18(26)11-13-20/h2-15,29H,1H3,(H,28,31). The summed E-state index contributed by atoms with van der Waals surface area (Å²) in [5.41, 5.74) is 2.22. The molecule has 1 aliphatic rings. The smallest absolute Gasteiger partial charge is 0.283 e. The molecule has 0 fully saturated rings. The molecule has 0 saturated heterocycles. The number of hydrogen-bond acceptors (Lipinski definition) is 4. The lowest BCUT2D eigenvalue weighted by molar-refractivity contribution is -0.120. The third-order valence-electron chi connectivity index (χ3n) is 5.15. The molecule has 33 heavy (non-hydrogen) atoms. The number of carbonyl (C=O) groups is 3. The average molecular weight is 525 g/mol. The zero-order valence-corrected chi connectivity index (χ0v) is 19.9. The summed E-state index contributed by atoms with van der Waals surface area (Å²) in [7, 11) is 0. The molecular weight excluding hydrogens is 506 g/mol. The van der Waals surface area contributed by atoms with E-state index >= 15 is 0 Å². The van der Waals surface area contributed by atoms with Crippen LogP contribution in [0.4, 0.5) is 11.4 Å². The molecule has 2 N–H and O–H groups in total. The van der Waals surface area contributed by atoms with Crippen molar-refractivity contribution in [2.24, 2.45) is 0 Å². The minimum absolute atomic E-state index is 0.0419. The van der Waals surface area contributed by atoms with E-state index in [4.69, 9.17) is 11.6 Å². The van der Waals surface area contributed by atoms with E-state index in [0.717, 1.165) is 14.9 Å². The second-order valence-electron chi connectivity index (χ2n) is 7.42. The van der Waals surface area contributed by atoms with Crippen molar-refractivity contribution in [3.05, 3.63) is 105 Å². The second kappa shape index (κ2) is 9.60. The summed E-state index contributed by atoms with van der Waals surface area (Å²) in [6, 6.07) is 22.8. The lowest BCUT2D eigenvalue weighted by atomic mass is 10.1. The number of benzene rings is 3. The number of rotatable bonds is 6. The molecule has 1 heterocycles. The van der Waals surface area contributed by atoms with Crippen LogP contribution in [-0.2, 0) is 9.59 Å². The van der Waals surface area contributed by atoms with Crippen LogP contribution in [-0.4, -0.2) is 17.7 Å². The summed E-state index contributed by atoms with van der Waals surface area (Å²) in [6.07, 6.45) is 0. The Morgan fingerprint density at radius 3 is 2.33 bits per heavy atom. The molecule has 0 bridgehead atoms. The number of nitrogens with zero attached hydrogens (tertiary/aromatic N) is 1. The van der Waals surface area contributed by atoms with Crippen molar-refractivity contribution < 1.29 is 14.4 Å². The minimum Gasteiger partial charge on any atom is -0.350 e. The van der Waals surface area contributed by atoms with Crippen molar-refractivity contribution in [3.63, 3.8) is 0 Å². The van der Waals surface area contributed by atoms with Crippen LogP contribution in [0.2, 0.25) is 0 Å². The van der Waals surface area contributed by atoms with Crippen molar-refractivity contribution in [3.8, 4) is 0 Å². The van der Waals surface area contributed by atoms with Gasteiger partial charge in [-0.2, -0.15) is 0 Å². The van der Waals surface area contributed by atoms with Gasteiger partial charge in [0.2, 0.25) is 0 Å². The monoisotopic (exact) mass is 523 g/mol. The van der Waals surface area contributed by atoms with Gasteiger partial charge < -0.3 is 10.6 Å². The fraction of sp³-hybridized carbons (Fsp3) is 0.0800. The molecule has 1 atom stereocenters. The van der Waals surface area contributed by atoms with Gasteiger partial charge in [0.25, 0.3) is 17.7 Å². The summed E-state index contributed by atoms with van der Waals surface area (Å²) < 4.78 is 0.819. The fourth-order valence-corrected chi connectivity index (χ4v) is 3.90. The number of imide groups is 1. The second-order valence-corrected chi connectivity index (χ2v) is 8.72. The Bertz CT molecular complexity index is 1260. The van der Waals surface area contributed by atoms with E-state index in [9.17, 15) is 14.4 Å². The lowest BCUT2D eigenvalue weighted by Gasteiger charge is -2.16. The first kappa shape index (κ1) is 22.8. The SMILES string of the molecule is CC(NC(=O)c1cccc(NC2=C(Cl)C(=O)N(c3ccc(Br)cc3)C2=O)c1)c1ccccc1. The van der Waals surface area contributed by atoms with Crippen molar-refractivity contribution in [1.82, 2.24) is 5.32 Å². The predicted octanol–water partition coefficient (Wildman–Crippen LogP) is 5.38. The number of halogens is 2. The molecular formula is C25H19BrClN3O3. The number of carbonyl (C=O) groups excluding carboxylic acids is 3. The molecule has 3 aromatic carbocycles. The van der Waals surface area contributed by atoms with Gasteiger partial charge in [-0.25, -0.2) is 4.90 Å². The van der Waals surface area contributed by atoms with Crippen molar-refractivity contribution in [2.45, 2.75) is 13.0 Å². The third-order valence-corrected chi connectivity index (χ3v) is 6.03. The average Bonchev–Trinajstić information content (AvgIpc) is 3.03. The number of anilines is 2. The van der Waals surface area contributed by atoms with E-state index in [0.29, 0.717) is 16.9 Å². The van der Waals surface area contributed by atoms with Gasteiger partial charge in [0.15, 0.2) is 0 Å². The van der Waals surface area contributed by atoms with Gasteiger partial charge in [-0.3, -0.25) is 14.4 Å². The molecule has 8 heteroatoms. The van der Waals surface area contributed by atoms with Gasteiger partial charge in [0, 0.05) is 15.7 Å². The van der Waals surface area contributed by atoms with Crippen LogP contribution < -0.4 is 15.5 Å². The van der Waals surface area contributed by atoms with E-state index in [1.807, 2.05) is 37.3 Å². The summed E-state index contributed by atoms with van der Waals surface area (Å²) in [6.45, 7) is 1.90. The van der Waals surface area contributed by atoms with Crippen molar-refractivity contribution in [2.75, 3.05) is 10.2 Å². The summed E-state index contributed by atoms with van der Waals surface area (Å²) >= 11 is 9.53. The molecule has 166 valence electrons. The number of nitrogens with one attached hydrogen (secondary N) is 2. The highest BCUT2D eigenvalue weighted by Crippen LogP contribution is 2.31. The van der Waals surface area contributed by atoms with E-state index in [-0.39, 0.29) is 22.7 Å². The van der Waals surface area contributed by atoms with Gasteiger partial charge in [-0.1, -0.05) is 63.9 Å². The Kier molecular flexibility index (Phi) is 6.62. The Balaban J connectivity index is 1.51. The molecule has 0 spiro atoms. The first-order valence-corrected chi connectivity index (χ1v) is 11.3. The zero-order chi connectivity index (χ0) is 23.5. The van der Waals surface area contributed by atoms with Crippen molar-refractivity contribution >= 4 is 56.6 Å². The van der Waals surface area contributed by atoms with Gasteiger partial charge in [-0.15, -0.1) is 0 Å². The first-order chi connectivity index (χ1) is 15.8. The molecule has 0 aliphatic carbocycles. The van der Waals surface area contributed by atoms with E-state index in [2.05, 4.69) is 26.6 Å². The number of amides is 3. The van der Waals surface area contributed by atoms with Crippen LogP contribution in [0.1, 0.15) is 28.9 Å². The molecule has 3 aromatic rings. The van der Waals surface area contributed by atoms with Crippen LogP contribution in [0, 0.1) is 0 Å². The topological polar surface area (TPSA) is 78.5 Å². The van der Waals surface area contributed by atoms with Crippen molar-refractivity contribution in [1.29, 1.82) is 0 Å². The summed E-state index contributed by atoms with van der Waals surface area (Å²) in [5, 5.41) is 5.65. The molecule has 6 nitrogen and oxygen atoms in total. The van der Waals surface area contributed by atoms with Gasteiger partial charge in [0.1, 0.15) is 10.7 Å². The highest BCUT2D eigenvalue weighted by atomic mass is 79.9. The molecule has 4 rings (SSSR count). The maximum Gasteiger partial charge on any atom is 0.283 e. The van der Waals surface area contributed by atoms with Crippen LogP contribution in [0.5, 0.6) is 0 Å². The fourth-order valence-electron chi connectivity index (χ4n) is 3.42. The maximum atomic E-state index is 12.9. The molecule has 1 aliphatic heterocycles. The lowest BCUT2D eigenvalue weighted by Crippen LogP contribution is -2.32. The van der Waals surface area contributed by atoms with Crippen LogP contribution in [0.3, 0.4) is 0 Å². The number of hydrogen-bond donors (Lipinski definition) is 2. The van der Waals surface area contributed by atoms with Gasteiger partial charge in [-0.05, 0) is 55.0 Å². The van der Waals surface area contributed by atoms with E-state index < -0.39 is 11.8 Å². The largest absolute Gasteiger partial charge is 0.350 e. The minimum atomic E-state index is -0.614. The van der Waals surface area contributed by atoms with Crippen LogP contribution >= 0.6 is 27.5 Å².